The fourth-order valence-corrected chi connectivity index (χ4v) is 3.65. The highest BCUT2D eigenvalue weighted by Crippen LogP contribution is 2.24. The quantitative estimate of drug-likeness (QED) is 0.529. The zero-order chi connectivity index (χ0) is 22.3. The Balaban J connectivity index is 1.31. The van der Waals surface area contributed by atoms with Gasteiger partial charge in [0.25, 0.3) is 11.8 Å². The van der Waals surface area contributed by atoms with Gasteiger partial charge < -0.3 is 23.6 Å². The van der Waals surface area contributed by atoms with Crippen LogP contribution >= 0.6 is 0 Å². The molecule has 9 nitrogen and oxygen atoms in total. The number of ether oxygens (including phenoxy) is 3. The number of aromatic nitrogens is 3. The predicted octanol–water partition coefficient (Wildman–Crippen LogP) is 3.01. The Bertz CT molecular complexity index is 1040. The fraction of sp³-hybridized carbons (Fsp3) is 0.391. The monoisotopic (exact) mass is 438 g/mol. The summed E-state index contributed by atoms with van der Waals surface area (Å²) in [6, 6.07) is 13.0. The van der Waals surface area contributed by atoms with Gasteiger partial charge in [-0.25, -0.2) is 0 Å². The molecule has 1 unspecified atom stereocenters. The molecule has 0 radical (unpaired) electrons. The first-order chi connectivity index (χ1) is 15.7. The minimum absolute atomic E-state index is 0.0506. The summed E-state index contributed by atoms with van der Waals surface area (Å²) in [6.07, 6.45) is 2.24. The molecule has 1 fully saturated rings. The molecule has 32 heavy (non-hydrogen) atoms. The average Bonchev–Trinajstić information content (AvgIpc) is 3.33. The summed E-state index contributed by atoms with van der Waals surface area (Å²) >= 11 is 0. The van der Waals surface area contributed by atoms with Gasteiger partial charge in [-0.05, 0) is 31.0 Å². The van der Waals surface area contributed by atoms with Crippen molar-refractivity contribution in [3.05, 3.63) is 53.9 Å². The van der Waals surface area contributed by atoms with E-state index in [0.717, 1.165) is 18.4 Å². The highest BCUT2D eigenvalue weighted by molar-refractivity contribution is 5.96. The second-order valence-electron chi connectivity index (χ2n) is 7.43. The Kier molecular flexibility index (Phi) is 6.96. The van der Waals surface area contributed by atoms with Crippen LogP contribution < -0.4 is 9.47 Å². The van der Waals surface area contributed by atoms with Crippen molar-refractivity contribution in [1.29, 1.82) is 0 Å². The second kappa shape index (κ2) is 10.2. The summed E-state index contributed by atoms with van der Waals surface area (Å²) in [5.41, 5.74) is 1.30. The maximum absolute atomic E-state index is 13.0. The van der Waals surface area contributed by atoms with E-state index in [2.05, 4.69) is 15.1 Å². The molecule has 0 N–H and O–H groups in total. The van der Waals surface area contributed by atoms with Gasteiger partial charge in [0.1, 0.15) is 5.56 Å². The van der Waals surface area contributed by atoms with Gasteiger partial charge in [-0.1, -0.05) is 23.4 Å². The van der Waals surface area contributed by atoms with Gasteiger partial charge in [0.2, 0.25) is 11.8 Å². The first-order valence-corrected chi connectivity index (χ1v) is 10.6. The number of amides is 1. The molecular formula is C23H26N4O5. The zero-order valence-corrected chi connectivity index (χ0v) is 18.2. The van der Waals surface area contributed by atoms with Crippen LogP contribution in [0.15, 0.2) is 47.0 Å². The van der Waals surface area contributed by atoms with E-state index >= 15 is 0 Å². The van der Waals surface area contributed by atoms with Crippen molar-refractivity contribution in [2.45, 2.75) is 25.4 Å². The molecular weight excluding hydrogens is 412 g/mol. The van der Waals surface area contributed by atoms with Crippen LogP contribution in [-0.4, -0.2) is 66.0 Å². The third kappa shape index (κ3) is 5.05. The largest absolute Gasteiger partial charge is 0.481 e. The predicted molar refractivity (Wildman–Crippen MR) is 116 cm³/mol. The third-order valence-electron chi connectivity index (χ3n) is 5.30. The lowest BCUT2D eigenvalue weighted by Gasteiger charge is -2.32. The summed E-state index contributed by atoms with van der Waals surface area (Å²) in [5.74, 6) is 1.62. The van der Waals surface area contributed by atoms with E-state index < -0.39 is 0 Å². The molecule has 1 aliphatic rings. The summed E-state index contributed by atoms with van der Waals surface area (Å²) < 4.78 is 21.8. The van der Waals surface area contributed by atoms with Gasteiger partial charge in [-0.15, -0.1) is 0 Å². The molecule has 0 bridgehead atoms. The van der Waals surface area contributed by atoms with Crippen molar-refractivity contribution >= 4 is 5.91 Å². The van der Waals surface area contributed by atoms with E-state index in [0.29, 0.717) is 49.3 Å². The fourth-order valence-electron chi connectivity index (χ4n) is 3.65. The maximum atomic E-state index is 13.0. The SMILES string of the molecule is COc1ccc(C(=O)N2CCCC(OCCc3noc(-c4ccccc4)n3)C2)c(OC)n1. The van der Waals surface area contributed by atoms with Crippen LogP contribution in [0.1, 0.15) is 29.0 Å². The molecule has 1 aromatic carbocycles. The van der Waals surface area contributed by atoms with E-state index in [4.69, 9.17) is 18.7 Å². The first-order valence-electron chi connectivity index (χ1n) is 10.6. The zero-order valence-electron chi connectivity index (χ0n) is 18.2. The number of nitrogens with zero attached hydrogens (tertiary/aromatic N) is 4. The number of likely N-dealkylation sites (tertiary alicyclic amines) is 1. The molecule has 3 aromatic rings. The van der Waals surface area contributed by atoms with Crippen molar-refractivity contribution in [3.8, 4) is 23.2 Å². The Labute approximate surface area is 186 Å². The van der Waals surface area contributed by atoms with Gasteiger partial charge >= 0.3 is 0 Å². The Morgan fingerprint density at radius 2 is 1.97 bits per heavy atom. The van der Waals surface area contributed by atoms with Crippen LogP contribution in [0.3, 0.4) is 0 Å². The number of methoxy groups -OCH3 is 2. The summed E-state index contributed by atoms with van der Waals surface area (Å²) in [5, 5.41) is 4.03. The highest BCUT2D eigenvalue weighted by Gasteiger charge is 2.27. The molecule has 2 aromatic heterocycles. The van der Waals surface area contributed by atoms with Gasteiger partial charge in [0.15, 0.2) is 5.82 Å². The van der Waals surface area contributed by atoms with E-state index in [1.165, 1.54) is 14.2 Å². The van der Waals surface area contributed by atoms with Crippen molar-refractivity contribution in [1.82, 2.24) is 20.0 Å². The lowest BCUT2D eigenvalue weighted by molar-refractivity contribution is 0.00239. The molecule has 1 atom stereocenters. The van der Waals surface area contributed by atoms with Crippen LogP contribution in [0.25, 0.3) is 11.5 Å². The van der Waals surface area contributed by atoms with Crippen molar-refractivity contribution < 1.29 is 23.5 Å². The third-order valence-corrected chi connectivity index (χ3v) is 5.30. The molecule has 1 saturated heterocycles. The number of benzene rings is 1. The number of piperidine rings is 1. The highest BCUT2D eigenvalue weighted by atomic mass is 16.5. The lowest BCUT2D eigenvalue weighted by atomic mass is 10.1. The Morgan fingerprint density at radius 3 is 2.75 bits per heavy atom. The molecule has 1 aliphatic heterocycles. The number of rotatable bonds is 8. The molecule has 0 aliphatic carbocycles. The molecule has 0 spiro atoms. The standard InChI is InChI=1S/C23H26N4O5/c1-29-20-11-10-18(22(25-20)30-2)23(28)27-13-6-9-17(15-27)31-14-12-19-24-21(32-26-19)16-7-4-3-5-8-16/h3-5,7-8,10-11,17H,6,9,12-15H2,1-2H3. The lowest BCUT2D eigenvalue weighted by Crippen LogP contribution is -2.43. The van der Waals surface area contributed by atoms with Crippen LogP contribution in [0, 0.1) is 0 Å². The molecule has 4 rings (SSSR count). The van der Waals surface area contributed by atoms with Crippen LogP contribution in [0.5, 0.6) is 11.8 Å². The normalized spacial score (nSPS) is 16.1. The Hall–Kier alpha value is -3.46. The van der Waals surface area contributed by atoms with E-state index in [9.17, 15) is 4.79 Å². The molecule has 1 amide bonds. The number of pyridine rings is 1. The first kappa shape index (κ1) is 21.8. The minimum Gasteiger partial charge on any atom is -0.481 e. The number of carbonyl (C=O) groups is 1. The molecule has 168 valence electrons. The van der Waals surface area contributed by atoms with E-state index in [1.807, 2.05) is 30.3 Å². The van der Waals surface area contributed by atoms with Crippen molar-refractivity contribution in [2.24, 2.45) is 0 Å². The number of hydrogen-bond donors (Lipinski definition) is 0. The van der Waals surface area contributed by atoms with Crippen LogP contribution in [-0.2, 0) is 11.2 Å². The molecule has 9 heteroatoms. The van der Waals surface area contributed by atoms with Gasteiger partial charge in [0, 0.05) is 31.1 Å². The number of carbonyl (C=O) groups excluding carboxylic acids is 1. The van der Waals surface area contributed by atoms with Crippen LogP contribution in [0.2, 0.25) is 0 Å². The summed E-state index contributed by atoms with van der Waals surface area (Å²) in [7, 11) is 3.01. The second-order valence-corrected chi connectivity index (χ2v) is 7.43. The van der Waals surface area contributed by atoms with Crippen molar-refractivity contribution in [2.75, 3.05) is 33.9 Å². The van der Waals surface area contributed by atoms with Gasteiger partial charge in [-0.3, -0.25) is 4.79 Å². The average molecular weight is 438 g/mol. The molecule has 0 saturated carbocycles. The van der Waals surface area contributed by atoms with Gasteiger partial charge in [0.05, 0.1) is 26.9 Å². The molecule has 3 heterocycles. The Morgan fingerprint density at radius 1 is 1.12 bits per heavy atom. The van der Waals surface area contributed by atoms with E-state index in [-0.39, 0.29) is 17.9 Å². The topological polar surface area (TPSA) is 99.8 Å². The van der Waals surface area contributed by atoms with Gasteiger partial charge in [-0.2, -0.15) is 9.97 Å². The summed E-state index contributed by atoms with van der Waals surface area (Å²) in [6.45, 7) is 1.63. The van der Waals surface area contributed by atoms with Crippen molar-refractivity contribution in [3.63, 3.8) is 0 Å². The smallest absolute Gasteiger partial charge is 0.259 e. The number of hydrogen-bond acceptors (Lipinski definition) is 8. The maximum Gasteiger partial charge on any atom is 0.259 e. The summed E-state index contributed by atoms with van der Waals surface area (Å²) in [4.78, 5) is 23.4. The van der Waals surface area contributed by atoms with E-state index in [1.54, 1.807) is 17.0 Å². The van der Waals surface area contributed by atoms with Crippen LogP contribution in [0.4, 0.5) is 0 Å². The minimum atomic E-state index is -0.129.